The number of aromatic amines is 1. The molecule has 0 aliphatic heterocycles. The van der Waals surface area contributed by atoms with E-state index in [1.54, 1.807) is 43.5 Å². The highest BCUT2D eigenvalue weighted by Gasteiger charge is 2.19. The molecule has 0 fully saturated rings. The topological polar surface area (TPSA) is 71.2 Å². The van der Waals surface area contributed by atoms with Gasteiger partial charge < -0.3 is 9.72 Å². The lowest BCUT2D eigenvalue weighted by Crippen LogP contribution is -2.12. The van der Waals surface area contributed by atoms with Gasteiger partial charge in [-0.05, 0) is 61.6 Å². The van der Waals surface area contributed by atoms with E-state index in [1.807, 2.05) is 6.07 Å². The quantitative estimate of drug-likeness (QED) is 0.675. The molecule has 0 atom stereocenters. The third-order valence-corrected chi connectivity index (χ3v) is 6.33. The fourth-order valence-corrected chi connectivity index (χ4v) is 4.70. The van der Waals surface area contributed by atoms with Crippen LogP contribution in [0.25, 0.3) is 10.9 Å². The number of nitrogens with one attached hydrogen (secondary N) is 2. The molecule has 3 aromatic rings. The summed E-state index contributed by atoms with van der Waals surface area (Å²) in [5, 5.41) is 1.02. The minimum Gasteiger partial charge on any atom is -0.497 e. The summed E-state index contributed by atoms with van der Waals surface area (Å²) >= 11 is 0. The number of hydrogen-bond acceptors (Lipinski definition) is 3. The number of aryl methyl sites for hydroxylation is 2. The van der Waals surface area contributed by atoms with Crippen molar-refractivity contribution in [3.8, 4) is 5.75 Å². The van der Waals surface area contributed by atoms with E-state index in [4.69, 9.17) is 4.74 Å². The molecule has 1 aliphatic rings. The van der Waals surface area contributed by atoms with Crippen molar-refractivity contribution in [2.75, 3.05) is 11.8 Å². The maximum Gasteiger partial charge on any atom is 0.261 e. The molecule has 6 heteroatoms. The van der Waals surface area contributed by atoms with Gasteiger partial charge in [0.1, 0.15) is 5.75 Å². The Bertz CT molecular complexity index is 1050. The maximum atomic E-state index is 12.8. The van der Waals surface area contributed by atoms with Gasteiger partial charge >= 0.3 is 0 Å². The van der Waals surface area contributed by atoms with Crippen LogP contribution in [-0.4, -0.2) is 20.5 Å². The lowest BCUT2D eigenvalue weighted by molar-refractivity contribution is 0.415. The van der Waals surface area contributed by atoms with Crippen LogP contribution in [0.1, 0.15) is 30.5 Å². The van der Waals surface area contributed by atoms with E-state index in [2.05, 4.69) is 9.71 Å². The molecule has 0 bridgehead atoms. The van der Waals surface area contributed by atoms with Crippen molar-refractivity contribution in [3.63, 3.8) is 0 Å². The number of aromatic nitrogens is 1. The molecular weight excluding hydrogens is 348 g/mol. The van der Waals surface area contributed by atoms with Crippen molar-refractivity contribution < 1.29 is 13.2 Å². The molecule has 0 amide bonds. The van der Waals surface area contributed by atoms with E-state index in [0.29, 0.717) is 11.4 Å². The first kappa shape index (κ1) is 17.0. The van der Waals surface area contributed by atoms with Gasteiger partial charge in [0.15, 0.2) is 0 Å². The number of anilines is 1. The number of hydrogen-bond donors (Lipinski definition) is 2. The van der Waals surface area contributed by atoms with Gasteiger partial charge in [0.25, 0.3) is 10.0 Å². The van der Waals surface area contributed by atoms with Crippen LogP contribution >= 0.6 is 0 Å². The van der Waals surface area contributed by atoms with Gasteiger partial charge in [0.05, 0.1) is 17.7 Å². The van der Waals surface area contributed by atoms with Crippen molar-refractivity contribution in [1.29, 1.82) is 0 Å². The van der Waals surface area contributed by atoms with Crippen molar-refractivity contribution in [2.45, 2.75) is 37.0 Å². The fourth-order valence-electron chi connectivity index (χ4n) is 3.63. The number of benzene rings is 2. The van der Waals surface area contributed by atoms with Crippen LogP contribution in [0.3, 0.4) is 0 Å². The van der Waals surface area contributed by atoms with Gasteiger partial charge in [0.2, 0.25) is 0 Å². The zero-order valence-electron chi connectivity index (χ0n) is 14.7. The molecule has 2 aromatic carbocycles. The Kier molecular flexibility index (Phi) is 4.36. The molecule has 5 nitrogen and oxygen atoms in total. The predicted octanol–water partition coefficient (Wildman–Crippen LogP) is 4.25. The zero-order valence-corrected chi connectivity index (χ0v) is 15.5. The summed E-state index contributed by atoms with van der Waals surface area (Å²) in [7, 11) is -2.11. The first-order valence-electron chi connectivity index (χ1n) is 8.87. The average molecular weight is 370 g/mol. The van der Waals surface area contributed by atoms with E-state index in [0.717, 1.165) is 30.2 Å². The van der Waals surface area contributed by atoms with Gasteiger partial charge in [-0.2, -0.15) is 0 Å². The van der Waals surface area contributed by atoms with Crippen LogP contribution < -0.4 is 9.46 Å². The monoisotopic (exact) mass is 370 g/mol. The molecule has 0 unspecified atom stereocenters. The van der Waals surface area contributed by atoms with Crippen molar-refractivity contribution >= 4 is 26.6 Å². The second-order valence-corrected chi connectivity index (χ2v) is 8.37. The highest BCUT2D eigenvalue weighted by molar-refractivity contribution is 7.92. The molecule has 26 heavy (non-hydrogen) atoms. The summed E-state index contributed by atoms with van der Waals surface area (Å²) in [6, 6.07) is 12.2. The van der Waals surface area contributed by atoms with E-state index < -0.39 is 10.0 Å². The Morgan fingerprint density at radius 2 is 1.88 bits per heavy atom. The molecule has 4 rings (SSSR count). The summed E-state index contributed by atoms with van der Waals surface area (Å²) in [5.74, 6) is 0.608. The second-order valence-electron chi connectivity index (χ2n) is 6.69. The maximum absolute atomic E-state index is 12.8. The molecule has 0 saturated carbocycles. The third-order valence-electron chi connectivity index (χ3n) is 4.95. The summed E-state index contributed by atoms with van der Waals surface area (Å²) in [6.07, 6.45) is 5.59. The summed E-state index contributed by atoms with van der Waals surface area (Å²) in [4.78, 5) is 3.74. The number of fused-ring (bicyclic) bond motifs is 3. The van der Waals surface area contributed by atoms with Gasteiger partial charge in [-0.25, -0.2) is 8.42 Å². The van der Waals surface area contributed by atoms with E-state index in [9.17, 15) is 8.42 Å². The number of ether oxygens (including phenoxy) is 1. The largest absolute Gasteiger partial charge is 0.497 e. The van der Waals surface area contributed by atoms with Crippen LogP contribution in [0.4, 0.5) is 5.69 Å². The normalized spacial score (nSPS) is 14.7. The first-order valence-corrected chi connectivity index (χ1v) is 10.4. The Hall–Kier alpha value is -2.47. The Labute approximate surface area is 153 Å². The molecule has 0 radical (unpaired) electrons. The lowest BCUT2D eigenvalue weighted by atomic mass is 10.1. The van der Waals surface area contributed by atoms with Crippen molar-refractivity contribution in [1.82, 2.24) is 4.98 Å². The summed E-state index contributed by atoms with van der Waals surface area (Å²) in [6.45, 7) is 0. The zero-order chi connectivity index (χ0) is 18.1. The third kappa shape index (κ3) is 3.17. The molecule has 1 aliphatic carbocycles. The van der Waals surface area contributed by atoms with Crippen LogP contribution in [0.2, 0.25) is 0 Å². The Balaban J connectivity index is 1.71. The molecule has 1 aromatic heterocycles. The van der Waals surface area contributed by atoms with Crippen molar-refractivity contribution in [3.05, 3.63) is 53.7 Å². The molecule has 0 spiro atoms. The number of sulfonamides is 1. The first-order chi connectivity index (χ1) is 12.6. The molecule has 1 heterocycles. The van der Waals surface area contributed by atoms with Gasteiger partial charge in [-0.15, -0.1) is 0 Å². The fraction of sp³-hybridized carbons (Fsp3) is 0.300. The molecule has 2 N–H and O–H groups in total. The van der Waals surface area contributed by atoms with Crippen LogP contribution in [0.5, 0.6) is 5.75 Å². The highest BCUT2D eigenvalue weighted by Crippen LogP contribution is 2.30. The predicted molar refractivity (Wildman–Crippen MR) is 103 cm³/mol. The Morgan fingerprint density at radius 1 is 1.04 bits per heavy atom. The van der Waals surface area contributed by atoms with Crippen LogP contribution in [0, 0.1) is 0 Å². The number of H-pyrrole nitrogens is 1. The summed E-state index contributed by atoms with van der Waals surface area (Å²) < 4.78 is 33.5. The number of rotatable bonds is 4. The van der Waals surface area contributed by atoms with Gasteiger partial charge in [-0.1, -0.05) is 12.5 Å². The van der Waals surface area contributed by atoms with Gasteiger partial charge in [0, 0.05) is 22.7 Å². The molecule has 136 valence electrons. The molecular formula is C20H22N2O3S. The number of methoxy groups -OCH3 is 1. The second kappa shape index (κ2) is 6.68. The molecule has 0 saturated heterocycles. The lowest BCUT2D eigenvalue weighted by Gasteiger charge is -2.10. The average Bonchev–Trinajstić information content (AvgIpc) is 2.81. The highest BCUT2D eigenvalue weighted by atomic mass is 32.2. The SMILES string of the molecule is COc1cccc(NS(=O)(=O)c2ccc3[nH]c4c(c3c2)CCCCC4)c1. The van der Waals surface area contributed by atoms with E-state index in [-0.39, 0.29) is 4.90 Å². The van der Waals surface area contributed by atoms with E-state index >= 15 is 0 Å². The minimum absolute atomic E-state index is 0.277. The standard InChI is InChI=1S/C20H22N2O3S/c1-25-15-7-5-6-14(12-15)22-26(23,24)16-10-11-20-18(13-16)17-8-3-2-4-9-19(17)21-20/h5-7,10-13,21-22H,2-4,8-9H2,1H3. The smallest absolute Gasteiger partial charge is 0.261 e. The van der Waals surface area contributed by atoms with E-state index in [1.165, 1.54) is 24.1 Å². The van der Waals surface area contributed by atoms with Crippen LogP contribution in [0.15, 0.2) is 47.4 Å². The van der Waals surface area contributed by atoms with Gasteiger partial charge in [-0.3, -0.25) is 4.72 Å². The van der Waals surface area contributed by atoms with Crippen molar-refractivity contribution in [2.24, 2.45) is 0 Å². The minimum atomic E-state index is -3.66. The van der Waals surface area contributed by atoms with Crippen LogP contribution in [-0.2, 0) is 22.9 Å². The summed E-state index contributed by atoms with van der Waals surface area (Å²) in [5.41, 5.74) is 4.03. The Morgan fingerprint density at radius 3 is 2.73 bits per heavy atom.